The third-order valence-electron chi connectivity index (χ3n) is 2.09. The molecule has 0 fully saturated rings. The van der Waals surface area contributed by atoms with E-state index in [0.717, 1.165) is 6.42 Å². The number of rotatable bonds is 2. The van der Waals surface area contributed by atoms with E-state index in [1.807, 2.05) is 12.3 Å². The molecule has 0 saturated heterocycles. The first-order chi connectivity index (χ1) is 7.33. The van der Waals surface area contributed by atoms with Crippen LogP contribution >= 0.6 is 23.0 Å². The Morgan fingerprint density at radius 3 is 2.73 bits per heavy atom. The average molecular weight is 318 g/mol. The van der Waals surface area contributed by atoms with Crippen LogP contribution in [0, 0.1) is 0 Å². The van der Waals surface area contributed by atoms with Gasteiger partial charge in [0, 0.05) is 24.2 Å². The topological polar surface area (TPSA) is 51.0 Å². The number of para-hydroxylation sites is 1. The Morgan fingerprint density at radius 2 is 2.07 bits per heavy atom. The molecule has 1 aromatic heterocycles. The van der Waals surface area contributed by atoms with E-state index in [-0.39, 0.29) is 0 Å². The van der Waals surface area contributed by atoms with Crippen molar-refractivity contribution in [3.05, 3.63) is 36.0 Å². The van der Waals surface area contributed by atoms with E-state index in [1.165, 1.54) is 16.5 Å². The van der Waals surface area contributed by atoms with E-state index in [4.69, 9.17) is 5.73 Å². The van der Waals surface area contributed by atoms with Crippen LogP contribution in [0.25, 0.3) is 10.9 Å². The zero-order chi connectivity index (χ0) is 11.1. The predicted molar refractivity (Wildman–Crippen MR) is 72.1 cm³/mol. The van der Waals surface area contributed by atoms with Crippen LogP contribution in [0.3, 0.4) is 0 Å². The summed E-state index contributed by atoms with van der Waals surface area (Å²) in [5.74, 6) is 0. The first-order valence-corrected chi connectivity index (χ1v) is 5.61. The summed E-state index contributed by atoms with van der Waals surface area (Å²) in [7, 11) is 1.61. The number of hydrogen-bond acceptors (Lipinski definition) is 2. The lowest BCUT2D eigenvalue weighted by Crippen LogP contribution is -2.01. The molecule has 0 radical (unpaired) electrons. The van der Waals surface area contributed by atoms with E-state index in [0.29, 0.717) is 6.54 Å². The number of nitrogens with two attached hydrogens (primary N) is 1. The van der Waals surface area contributed by atoms with Crippen molar-refractivity contribution in [3.8, 4) is 0 Å². The standard InChI is InChI=1S/C10H12N2.CH3IO/c11-6-5-8-7-12-10-4-2-1-3-9(8)10;1-3-2/h1-4,7,12H,5-6,11H2;1H3. The first-order valence-electron chi connectivity index (χ1n) is 4.73. The van der Waals surface area contributed by atoms with Gasteiger partial charge in [0.2, 0.25) is 0 Å². The monoisotopic (exact) mass is 318 g/mol. The number of hydrogen-bond donors (Lipinski definition) is 2. The summed E-state index contributed by atoms with van der Waals surface area (Å²) in [6, 6.07) is 8.29. The highest BCUT2D eigenvalue weighted by molar-refractivity contribution is 14.1. The number of fused-ring (bicyclic) bond motifs is 1. The number of H-pyrrole nitrogens is 1. The number of halogens is 1. The van der Waals surface area contributed by atoms with Crippen molar-refractivity contribution in [3.63, 3.8) is 0 Å². The van der Waals surface area contributed by atoms with E-state index in [2.05, 4.69) is 26.2 Å². The Morgan fingerprint density at radius 1 is 1.40 bits per heavy atom. The van der Waals surface area contributed by atoms with Gasteiger partial charge < -0.3 is 13.8 Å². The molecule has 3 N–H and O–H groups in total. The van der Waals surface area contributed by atoms with Crippen molar-refractivity contribution in [1.82, 2.24) is 4.98 Å². The largest absolute Gasteiger partial charge is 0.361 e. The lowest BCUT2D eigenvalue weighted by molar-refractivity contribution is 0.556. The Kier molecular flexibility index (Phi) is 5.67. The van der Waals surface area contributed by atoms with Crippen molar-refractivity contribution in [1.29, 1.82) is 0 Å². The molecule has 2 rings (SSSR count). The molecule has 2 aromatic rings. The molecule has 0 saturated carbocycles. The van der Waals surface area contributed by atoms with Gasteiger partial charge in [0.15, 0.2) is 0 Å². The van der Waals surface area contributed by atoms with E-state index >= 15 is 0 Å². The number of nitrogens with one attached hydrogen (secondary N) is 1. The van der Waals surface area contributed by atoms with Gasteiger partial charge in [-0.3, -0.25) is 0 Å². The van der Waals surface area contributed by atoms with Crippen LogP contribution in [0.1, 0.15) is 5.56 Å². The first kappa shape index (κ1) is 12.5. The van der Waals surface area contributed by atoms with Crippen LogP contribution in [-0.2, 0) is 9.49 Å². The maximum absolute atomic E-state index is 5.50. The second kappa shape index (κ2) is 6.81. The number of benzene rings is 1. The van der Waals surface area contributed by atoms with Crippen LogP contribution in [0.4, 0.5) is 0 Å². The lowest BCUT2D eigenvalue weighted by atomic mass is 10.1. The van der Waals surface area contributed by atoms with Crippen molar-refractivity contribution in [2.24, 2.45) is 5.73 Å². The minimum atomic E-state index is 0.710. The van der Waals surface area contributed by atoms with Gasteiger partial charge in [-0.25, -0.2) is 0 Å². The SMILES string of the molecule is COI.NCCc1c[nH]c2ccccc12. The maximum Gasteiger partial charge on any atom is 0.109 e. The highest BCUT2D eigenvalue weighted by atomic mass is 127. The lowest BCUT2D eigenvalue weighted by Gasteiger charge is -1.93. The maximum atomic E-state index is 5.50. The van der Waals surface area contributed by atoms with Crippen molar-refractivity contribution >= 4 is 33.9 Å². The molecular weight excluding hydrogens is 303 g/mol. The normalized spacial score (nSPS) is 9.80. The fourth-order valence-electron chi connectivity index (χ4n) is 1.49. The Hall–Kier alpha value is -0.590. The highest BCUT2D eigenvalue weighted by Crippen LogP contribution is 2.17. The van der Waals surface area contributed by atoms with Crippen LogP contribution in [0.2, 0.25) is 0 Å². The quantitative estimate of drug-likeness (QED) is 0.837. The van der Waals surface area contributed by atoms with Gasteiger partial charge in [0.25, 0.3) is 0 Å². The third-order valence-corrected chi connectivity index (χ3v) is 2.09. The smallest absolute Gasteiger partial charge is 0.109 e. The summed E-state index contributed by atoms with van der Waals surface area (Å²) in [4.78, 5) is 3.22. The molecule has 0 bridgehead atoms. The molecule has 0 aliphatic rings. The van der Waals surface area contributed by atoms with Gasteiger partial charge in [-0.05, 0) is 24.6 Å². The highest BCUT2D eigenvalue weighted by Gasteiger charge is 1.99. The summed E-state index contributed by atoms with van der Waals surface area (Å²) in [6.45, 7) is 0.710. The molecule has 1 heterocycles. The Balaban J connectivity index is 0.000000337. The van der Waals surface area contributed by atoms with Gasteiger partial charge in [0.1, 0.15) is 23.0 Å². The second-order valence-electron chi connectivity index (χ2n) is 3.05. The van der Waals surface area contributed by atoms with Gasteiger partial charge >= 0.3 is 0 Å². The molecule has 0 unspecified atom stereocenters. The van der Waals surface area contributed by atoms with Crippen molar-refractivity contribution in [2.45, 2.75) is 6.42 Å². The van der Waals surface area contributed by atoms with Crippen molar-refractivity contribution < 1.29 is 3.07 Å². The minimum absolute atomic E-state index is 0.710. The molecule has 82 valence electrons. The summed E-state index contributed by atoms with van der Waals surface area (Å²) in [5.41, 5.74) is 8.01. The molecule has 1 aromatic carbocycles. The predicted octanol–water partition coefficient (Wildman–Crippen LogP) is 2.65. The van der Waals surface area contributed by atoms with Crippen LogP contribution in [-0.4, -0.2) is 18.6 Å². The zero-order valence-electron chi connectivity index (χ0n) is 8.66. The van der Waals surface area contributed by atoms with Gasteiger partial charge in [0.05, 0.1) is 0 Å². The fourth-order valence-corrected chi connectivity index (χ4v) is 1.49. The third kappa shape index (κ3) is 3.48. The van der Waals surface area contributed by atoms with Gasteiger partial charge in [-0.15, -0.1) is 0 Å². The molecule has 0 aliphatic heterocycles. The molecule has 4 heteroatoms. The molecule has 15 heavy (non-hydrogen) atoms. The molecule has 3 nitrogen and oxygen atoms in total. The fraction of sp³-hybridized carbons (Fsp3) is 0.273. The minimum Gasteiger partial charge on any atom is -0.361 e. The van der Waals surface area contributed by atoms with E-state index < -0.39 is 0 Å². The zero-order valence-corrected chi connectivity index (χ0v) is 10.8. The molecule has 0 aliphatic carbocycles. The number of aromatic nitrogens is 1. The summed E-state index contributed by atoms with van der Waals surface area (Å²) < 4.78 is 4.22. The van der Waals surface area contributed by atoms with E-state index in [1.54, 1.807) is 30.1 Å². The van der Waals surface area contributed by atoms with Crippen LogP contribution in [0.5, 0.6) is 0 Å². The second-order valence-corrected chi connectivity index (χ2v) is 3.93. The van der Waals surface area contributed by atoms with Crippen LogP contribution in [0.15, 0.2) is 30.5 Å². The summed E-state index contributed by atoms with van der Waals surface area (Å²) in [6.07, 6.45) is 2.99. The summed E-state index contributed by atoms with van der Waals surface area (Å²) >= 11 is 1.79. The number of aromatic amines is 1. The molecule has 0 spiro atoms. The van der Waals surface area contributed by atoms with E-state index in [9.17, 15) is 0 Å². The Labute approximate surface area is 104 Å². The molecular formula is C11H15IN2O. The van der Waals surface area contributed by atoms with Crippen molar-refractivity contribution in [2.75, 3.05) is 13.7 Å². The Bertz CT molecular complexity index is 400. The van der Waals surface area contributed by atoms with Gasteiger partial charge in [-0.1, -0.05) is 18.2 Å². The van der Waals surface area contributed by atoms with Crippen LogP contribution < -0.4 is 5.73 Å². The summed E-state index contributed by atoms with van der Waals surface area (Å²) in [5, 5.41) is 1.29. The van der Waals surface area contributed by atoms with Gasteiger partial charge in [-0.2, -0.15) is 0 Å². The molecule has 0 amide bonds. The molecule has 0 atom stereocenters. The average Bonchev–Trinajstić information content (AvgIpc) is 2.64.